The summed E-state index contributed by atoms with van der Waals surface area (Å²) >= 11 is 6.55. The number of likely N-dealkylation sites (tertiary alicyclic amines) is 1. The number of hydrogen-bond acceptors (Lipinski definition) is 8. The number of hydrogen-bond donors (Lipinski definition) is 2. The molecule has 11 heteroatoms. The van der Waals surface area contributed by atoms with Gasteiger partial charge in [0.15, 0.2) is 11.6 Å². The molecule has 1 aromatic carbocycles. The molecule has 210 valence electrons. The number of nitrogens with two attached hydrogens (primary N) is 1. The first kappa shape index (κ1) is 28.8. The molecule has 1 amide bonds. The third kappa shape index (κ3) is 5.86. The van der Waals surface area contributed by atoms with E-state index in [2.05, 4.69) is 4.98 Å². The van der Waals surface area contributed by atoms with Crippen molar-refractivity contribution in [2.45, 2.75) is 58.7 Å². The van der Waals surface area contributed by atoms with Crippen molar-refractivity contribution in [2.75, 3.05) is 37.7 Å². The predicted octanol–water partition coefficient (Wildman–Crippen LogP) is 3.68. The number of anilines is 1. The molecule has 0 saturated carbocycles. The molecule has 0 aliphatic carbocycles. The van der Waals surface area contributed by atoms with Crippen LogP contribution in [0.3, 0.4) is 0 Å². The fourth-order valence-corrected chi connectivity index (χ4v) is 5.03. The normalized spacial score (nSPS) is 17.6. The van der Waals surface area contributed by atoms with Crippen LogP contribution in [-0.4, -0.2) is 76.2 Å². The highest BCUT2D eigenvalue weighted by molar-refractivity contribution is 6.33. The molecule has 1 atom stereocenters. The lowest BCUT2D eigenvalue weighted by atomic mass is 9.92. The zero-order valence-corrected chi connectivity index (χ0v) is 23.5. The van der Waals surface area contributed by atoms with Gasteiger partial charge in [-0.2, -0.15) is 0 Å². The van der Waals surface area contributed by atoms with E-state index in [1.54, 1.807) is 36.9 Å². The number of rotatable bonds is 10. The number of carbonyl (C=O) groups excluding carboxylic acids is 2. The smallest absolute Gasteiger partial charge is 0.264 e. The summed E-state index contributed by atoms with van der Waals surface area (Å²) in [6.45, 7) is 7.66. The van der Waals surface area contributed by atoms with Crippen LogP contribution in [0.5, 0.6) is 5.75 Å². The summed E-state index contributed by atoms with van der Waals surface area (Å²) in [5.74, 6) is 0.262. The number of amides is 1. The van der Waals surface area contributed by atoms with Gasteiger partial charge >= 0.3 is 0 Å². The Morgan fingerprint density at radius 1 is 1.26 bits per heavy atom. The predicted molar refractivity (Wildman–Crippen MR) is 148 cm³/mol. The van der Waals surface area contributed by atoms with E-state index < -0.39 is 17.7 Å². The molecular formula is C28H35ClFN5O4. The number of benzene rings is 1. The molecule has 9 nitrogen and oxygen atoms in total. The highest BCUT2D eigenvalue weighted by atomic mass is 35.5. The van der Waals surface area contributed by atoms with Gasteiger partial charge in [0.1, 0.15) is 18.2 Å². The third-order valence-electron chi connectivity index (χ3n) is 7.06. The molecule has 2 aliphatic heterocycles. The quantitative estimate of drug-likeness (QED) is 0.423. The summed E-state index contributed by atoms with van der Waals surface area (Å²) in [5, 5.41) is 10.4. The number of aliphatic hydroxyl groups is 1. The van der Waals surface area contributed by atoms with Crippen molar-refractivity contribution in [3.05, 3.63) is 40.2 Å². The topological polar surface area (TPSA) is 122 Å². The van der Waals surface area contributed by atoms with Gasteiger partial charge in [-0.15, -0.1) is 0 Å². The molecule has 0 radical (unpaired) electrons. The van der Waals surface area contributed by atoms with Gasteiger partial charge in [-0.3, -0.25) is 9.59 Å². The Labute approximate surface area is 232 Å². The highest BCUT2D eigenvalue weighted by Crippen LogP contribution is 2.39. The van der Waals surface area contributed by atoms with Crippen molar-refractivity contribution >= 4 is 34.7 Å². The van der Waals surface area contributed by atoms with Gasteiger partial charge in [-0.25, -0.2) is 14.4 Å². The SMILES string of the molecule is CCC[C@@H](O)COc1ccc(Cl)c(-c2nc(C(C(C)=O)=C(C)N)c(C)c(N3CC(F)(C(=O)N4CCC4)C3)n2)c1. The summed E-state index contributed by atoms with van der Waals surface area (Å²) in [4.78, 5) is 37.8. The molecule has 4 rings (SSSR count). The molecule has 1 aromatic heterocycles. The summed E-state index contributed by atoms with van der Waals surface area (Å²) in [6.07, 6.45) is 1.71. The van der Waals surface area contributed by atoms with E-state index in [0.717, 1.165) is 12.8 Å². The number of halogens is 2. The summed E-state index contributed by atoms with van der Waals surface area (Å²) in [6, 6.07) is 4.98. The lowest BCUT2D eigenvalue weighted by Crippen LogP contribution is -2.68. The molecule has 0 unspecified atom stereocenters. The minimum absolute atomic E-state index is 0.112. The van der Waals surface area contributed by atoms with Crippen molar-refractivity contribution in [3.8, 4) is 17.1 Å². The number of allylic oxidation sites excluding steroid dienone is 2. The average Bonchev–Trinajstić information content (AvgIpc) is 2.81. The second-order valence-electron chi connectivity index (χ2n) is 10.3. The minimum Gasteiger partial charge on any atom is -0.491 e. The zero-order chi connectivity index (χ0) is 28.5. The van der Waals surface area contributed by atoms with Gasteiger partial charge < -0.3 is 25.4 Å². The monoisotopic (exact) mass is 559 g/mol. The second kappa shape index (κ2) is 11.5. The Morgan fingerprint density at radius 2 is 1.95 bits per heavy atom. The zero-order valence-electron chi connectivity index (χ0n) is 22.8. The van der Waals surface area contributed by atoms with Crippen molar-refractivity contribution in [1.29, 1.82) is 0 Å². The standard InChI is InChI=1S/C28H35ClFN5O4/c1-5-7-19(37)13-39-20-8-9-22(29)21(12-20)25-32-24(23(17(3)31)18(4)36)16(2)26(33-25)35-14-28(30,15-35)27(38)34-10-6-11-34/h8-9,12,19,37H,5-7,10-11,13-15,31H2,1-4H3/t19-/m1/s1. The molecule has 2 aromatic rings. The molecule has 2 saturated heterocycles. The van der Waals surface area contributed by atoms with E-state index in [1.807, 2.05) is 6.92 Å². The van der Waals surface area contributed by atoms with Crippen LogP contribution in [0, 0.1) is 6.92 Å². The number of carbonyl (C=O) groups is 2. The molecule has 39 heavy (non-hydrogen) atoms. The van der Waals surface area contributed by atoms with Crippen LogP contribution < -0.4 is 15.4 Å². The lowest BCUT2D eigenvalue weighted by Gasteiger charge is -2.47. The maximum atomic E-state index is 15.5. The number of aromatic nitrogens is 2. The Balaban J connectivity index is 1.74. The first-order valence-corrected chi connectivity index (χ1v) is 13.5. The van der Waals surface area contributed by atoms with Gasteiger partial charge in [-0.1, -0.05) is 24.9 Å². The van der Waals surface area contributed by atoms with Crippen molar-refractivity contribution in [2.24, 2.45) is 5.73 Å². The summed E-state index contributed by atoms with van der Waals surface area (Å²) < 4.78 is 21.2. The molecule has 3 N–H and O–H groups in total. The Bertz CT molecular complexity index is 1300. The van der Waals surface area contributed by atoms with Crippen LogP contribution in [0.2, 0.25) is 5.02 Å². The Kier molecular flexibility index (Phi) is 8.46. The molecule has 3 heterocycles. The molecule has 2 aliphatic rings. The van der Waals surface area contributed by atoms with Crippen LogP contribution in [0.4, 0.5) is 10.2 Å². The highest BCUT2D eigenvalue weighted by Gasteiger charge is 2.53. The number of ketones is 1. The van der Waals surface area contributed by atoms with Crippen molar-refractivity contribution in [3.63, 3.8) is 0 Å². The van der Waals surface area contributed by atoms with E-state index in [0.29, 0.717) is 52.9 Å². The number of ether oxygens (including phenoxy) is 1. The molecule has 2 fully saturated rings. The first-order valence-electron chi connectivity index (χ1n) is 13.2. The second-order valence-corrected chi connectivity index (χ2v) is 10.7. The van der Waals surface area contributed by atoms with Crippen molar-refractivity contribution in [1.82, 2.24) is 14.9 Å². The summed E-state index contributed by atoms with van der Waals surface area (Å²) in [7, 11) is 0. The Hall–Kier alpha value is -3.24. The van der Waals surface area contributed by atoms with Crippen LogP contribution in [0.25, 0.3) is 17.0 Å². The lowest BCUT2D eigenvalue weighted by molar-refractivity contribution is -0.149. The fraction of sp³-hybridized carbons (Fsp3) is 0.500. The largest absolute Gasteiger partial charge is 0.491 e. The number of alkyl halides is 1. The van der Waals surface area contributed by atoms with Gasteiger partial charge in [0.25, 0.3) is 5.91 Å². The summed E-state index contributed by atoms with van der Waals surface area (Å²) in [5.41, 5.74) is 5.89. The maximum absolute atomic E-state index is 15.5. The number of aliphatic hydroxyl groups excluding tert-OH is 1. The molecule has 0 spiro atoms. The molecular weight excluding hydrogens is 525 g/mol. The van der Waals surface area contributed by atoms with E-state index >= 15 is 4.39 Å². The number of Topliss-reactive ketones (excluding diaryl/α,β-unsaturated/α-hetero) is 1. The molecule has 0 bridgehead atoms. The first-order chi connectivity index (χ1) is 18.4. The van der Waals surface area contributed by atoms with Crippen LogP contribution in [0.1, 0.15) is 51.3 Å². The van der Waals surface area contributed by atoms with Gasteiger partial charge in [0.2, 0.25) is 5.67 Å². The minimum atomic E-state index is -1.99. The number of nitrogens with zero attached hydrogens (tertiary/aromatic N) is 4. The average molecular weight is 560 g/mol. The van der Waals surface area contributed by atoms with Gasteiger partial charge in [0.05, 0.1) is 35.5 Å². The van der Waals surface area contributed by atoms with E-state index in [9.17, 15) is 14.7 Å². The van der Waals surface area contributed by atoms with E-state index in [4.69, 9.17) is 27.1 Å². The fourth-order valence-electron chi connectivity index (χ4n) is 4.83. The van der Waals surface area contributed by atoms with Crippen LogP contribution in [-0.2, 0) is 9.59 Å². The van der Waals surface area contributed by atoms with Crippen LogP contribution in [0.15, 0.2) is 23.9 Å². The van der Waals surface area contributed by atoms with Gasteiger partial charge in [0, 0.05) is 29.9 Å². The van der Waals surface area contributed by atoms with Crippen molar-refractivity contribution < 1.29 is 23.8 Å². The third-order valence-corrected chi connectivity index (χ3v) is 7.38. The maximum Gasteiger partial charge on any atom is 0.264 e. The Morgan fingerprint density at radius 3 is 2.51 bits per heavy atom. The van der Waals surface area contributed by atoms with Crippen LogP contribution >= 0.6 is 11.6 Å². The van der Waals surface area contributed by atoms with E-state index in [1.165, 1.54) is 11.8 Å². The van der Waals surface area contributed by atoms with Gasteiger partial charge in [-0.05, 0) is 51.8 Å². The van der Waals surface area contributed by atoms with E-state index in [-0.39, 0.29) is 42.6 Å².